The van der Waals surface area contributed by atoms with Crippen LogP contribution in [0.3, 0.4) is 0 Å². The van der Waals surface area contributed by atoms with E-state index in [4.69, 9.17) is 0 Å². The molecule has 0 bridgehead atoms. The molecule has 0 N–H and O–H groups in total. The number of rotatable bonds is 6. The van der Waals surface area contributed by atoms with E-state index in [-0.39, 0.29) is 87.5 Å². The molecule has 74 heavy (non-hydrogen) atoms. The average Bonchev–Trinajstić information content (AvgIpc) is 3.39. The quantitative estimate of drug-likeness (QED) is 0.170. The van der Waals surface area contributed by atoms with E-state index in [1.807, 2.05) is 24.3 Å². The number of carboxylic acids is 4. The molecule has 10 aromatic rings. The minimum absolute atomic E-state index is 0. The van der Waals surface area contributed by atoms with Crippen LogP contribution in [0.4, 0.5) is 0 Å². The molecule has 0 saturated heterocycles. The minimum atomic E-state index is -4.75. The predicted octanol–water partition coefficient (Wildman–Crippen LogP) is 3.57. The van der Waals surface area contributed by atoms with E-state index < -0.39 is 65.0 Å². The van der Waals surface area contributed by atoms with Crippen molar-refractivity contribution in [3.05, 3.63) is 229 Å². The summed E-state index contributed by atoms with van der Waals surface area (Å²) in [5.74, 6) is -5.63. The van der Waals surface area contributed by atoms with Gasteiger partial charge in [0.2, 0.25) is 0 Å². The van der Waals surface area contributed by atoms with Crippen LogP contribution in [0.25, 0.3) is 43.6 Å². The molecule has 18 nitrogen and oxygen atoms in total. The van der Waals surface area contributed by atoms with Gasteiger partial charge >= 0.3 is 76.3 Å². The molecule has 378 valence electrons. The second-order valence-electron chi connectivity index (χ2n) is 14.2. The zero-order chi connectivity index (χ0) is 52.3. The number of carboxylic acid groups (broad SMARTS) is 4. The summed E-state index contributed by atoms with van der Waals surface area (Å²) in [6.07, 6.45) is 7.21. The Morgan fingerprint density at radius 1 is 0.311 bits per heavy atom. The van der Waals surface area contributed by atoms with Crippen LogP contribution in [-0.4, -0.2) is 69.8 Å². The molecule has 0 unspecified atom stereocenters. The van der Waals surface area contributed by atoms with Gasteiger partial charge in [0.25, 0.3) is 0 Å². The maximum atomic E-state index is 10.5. The topological polar surface area (TPSA) is 326 Å². The summed E-state index contributed by atoms with van der Waals surface area (Å²) in [6.45, 7) is 0. The fourth-order valence-corrected chi connectivity index (χ4v) is 7.55. The number of nitrogens with zero attached hydrogens (tertiary/aromatic N) is 4. The molecule has 0 spiro atoms. The summed E-state index contributed by atoms with van der Waals surface area (Å²) in [6, 6.07) is 49.4. The first-order valence-corrected chi connectivity index (χ1v) is 23.4. The van der Waals surface area contributed by atoms with Gasteiger partial charge in [-0.15, -0.1) is 0 Å². The van der Waals surface area contributed by atoms with Crippen molar-refractivity contribution in [2.45, 2.75) is 9.79 Å². The maximum absolute atomic E-state index is 10.5. The summed E-state index contributed by atoms with van der Waals surface area (Å²) >= 11 is 0. The number of aromatic carboxylic acids is 4. The standard InChI is InChI=1S/2C12H8N2.2C7H6O5S.2C7H6O2.2Dy/c2*1-3-9-5-6-10-4-2-8-14-12(10)11(9)13-7-1;2*8-7(9)5-3-1-2-4-6(5)13(10,11)12;2*8-7(9)6-4-2-1-3-5-6;;/h2*1-8H;2*1-4H,(H,8,9)(H,10,11,12);2*1-5H,(H,8,9);;/q;;;;;;2*+3/p-6. The van der Waals surface area contributed by atoms with Crippen molar-refractivity contribution in [2.75, 3.05) is 0 Å². The van der Waals surface area contributed by atoms with E-state index in [0.717, 1.165) is 67.9 Å². The number of carbonyl (C=O) groups is 4. The van der Waals surface area contributed by atoms with Crippen molar-refractivity contribution in [1.82, 2.24) is 19.9 Å². The molecule has 6 aromatic carbocycles. The first-order chi connectivity index (χ1) is 34.4. The second-order valence-corrected chi connectivity index (χ2v) is 16.9. The summed E-state index contributed by atoms with van der Waals surface area (Å²) in [7, 11) is -9.50. The van der Waals surface area contributed by atoms with E-state index in [1.54, 1.807) is 61.2 Å². The number of benzene rings is 6. The van der Waals surface area contributed by atoms with Gasteiger partial charge in [-0.25, -0.2) is 16.8 Å². The molecular formula is C52H34Dy2N4O14S2. The Morgan fingerprint density at radius 2 is 0.554 bits per heavy atom. The van der Waals surface area contributed by atoms with Crippen LogP contribution in [0, 0.1) is 76.3 Å². The number of hydrogen-bond donors (Lipinski definition) is 0. The molecule has 4 aromatic heterocycles. The zero-order valence-corrected chi connectivity index (χ0v) is 43.3. The van der Waals surface area contributed by atoms with Crippen molar-refractivity contribution >= 4 is 87.7 Å². The molecule has 0 aliphatic heterocycles. The maximum Gasteiger partial charge on any atom is 3.00 e. The molecule has 0 aliphatic rings. The summed E-state index contributed by atoms with van der Waals surface area (Å²) in [5, 5.41) is 45.4. The van der Waals surface area contributed by atoms with Crippen LogP contribution >= 0.6 is 0 Å². The molecular weight excluding hydrogens is 1290 g/mol. The smallest absolute Gasteiger partial charge is 0.744 e. The third-order valence-electron chi connectivity index (χ3n) is 9.46. The van der Waals surface area contributed by atoms with Crippen LogP contribution < -0.4 is 20.4 Å². The number of aromatic nitrogens is 4. The van der Waals surface area contributed by atoms with Gasteiger partial charge in [0.15, 0.2) is 0 Å². The molecule has 0 amide bonds. The molecule has 0 saturated carbocycles. The van der Waals surface area contributed by atoms with Crippen molar-refractivity contribution in [2.24, 2.45) is 0 Å². The molecule has 10 rings (SSSR count). The fraction of sp³-hybridized carbons (Fsp3) is 0. The zero-order valence-electron chi connectivity index (χ0n) is 37.6. The van der Waals surface area contributed by atoms with E-state index >= 15 is 0 Å². The van der Waals surface area contributed by atoms with E-state index in [1.165, 1.54) is 48.5 Å². The minimum Gasteiger partial charge on any atom is -0.744 e. The third-order valence-corrected chi connectivity index (χ3v) is 11.3. The van der Waals surface area contributed by atoms with Crippen LogP contribution in [0.5, 0.6) is 0 Å². The molecule has 22 heteroatoms. The molecule has 0 fully saturated rings. The third kappa shape index (κ3) is 18.3. The Kier molecular flexibility index (Phi) is 24.8. The average molecular weight is 1330 g/mol. The van der Waals surface area contributed by atoms with E-state index in [2.05, 4.69) is 68.5 Å². The van der Waals surface area contributed by atoms with Crippen LogP contribution in [0.15, 0.2) is 217 Å². The van der Waals surface area contributed by atoms with Crippen LogP contribution in [0.1, 0.15) is 41.4 Å². The molecule has 0 aliphatic carbocycles. The Hall–Kier alpha value is -6.79. The largest absolute Gasteiger partial charge is 3.00 e. The van der Waals surface area contributed by atoms with Gasteiger partial charge in [-0.3, -0.25) is 19.9 Å². The van der Waals surface area contributed by atoms with E-state index in [9.17, 15) is 65.5 Å². The number of hydrogen-bond acceptors (Lipinski definition) is 18. The van der Waals surface area contributed by atoms with Crippen molar-refractivity contribution < 1.29 is 142 Å². The van der Waals surface area contributed by atoms with Crippen molar-refractivity contribution in [3.63, 3.8) is 0 Å². The Labute approximate surface area is 483 Å². The molecule has 4 heterocycles. The van der Waals surface area contributed by atoms with Gasteiger partial charge in [-0.05, 0) is 47.5 Å². The Morgan fingerprint density at radius 3 is 0.757 bits per heavy atom. The van der Waals surface area contributed by atoms with Gasteiger partial charge in [0.1, 0.15) is 20.2 Å². The van der Waals surface area contributed by atoms with Crippen LogP contribution in [-0.2, 0) is 20.2 Å². The van der Waals surface area contributed by atoms with E-state index in [0.29, 0.717) is 0 Å². The summed E-state index contributed by atoms with van der Waals surface area (Å²) in [4.78, 5) is 56.7. The van der Waals surface area contributed by atoms with Gasteiger partial charge in [0.05, 0.1) is 55.7 Å². The van der Waals surface area contributed by atoms with Gasteiger partial charge in [-0.2, -0.15) is 0 Å². The second kappa shape index (κ2) is 29.8. The fourth-order valence-electron chi connectivity index (χ4n) is 6.21. The van der Waals surface area contributed by atoms with Gasteiger partial charge in [0, 0.05) is 57.5 Å². The first-order valence-electron chi connectivity index (χ1n) is 20.6. The molecule has 0 atom stereocenters. The normalized spacial score (nSPS) is 10.2. The Balaban J connectivity index is 0.000000235. The van der Waals surface area contributed by atoms with Gasteiger partial charge in [-0.1, -0.05) is 146 Å². The molecule has 2 radical (unpaired) electrons. The number of fused-ring (bicyclic) bond motifs is 6. The number of pyridine rings is 4. The summed E-state index contributed by atoms with van der Waals surface area (Å²) < 4.78 is 63.1. The van der Waals surface area contributed by atoms with Crippen molar-refractivity contribution in [1.29, 1.82) is 0 Å². The Bertz CT molecular complexity index is 3390. The van der Waals surface area contributed by atoms with Gasteiger partial charge < -0.3 is 48.7 Å². The SMILES string of the molecule is O=C([O-])c1ccccc1.O=C([O-])c1ccccc1.O=C([O-])c1ccccc1S(=O)(=O)[O-].O=C([O-])c1ccccc1S(=O)(=O)[O-].[Dy+3].[Dy+3].c1cnc2c(c1)ccc1cccnc12.c1cnc2c(c1)ccc1cccnc12. The van der Waals surface area contributed by atoms with Crippen LogP contribution in [0.2, 0.25) is 0 Å². The predicted molar refractivity (Wildman–Crippen MR) is 253 cm³/mol. The monoisotopic (exact) mass is 1330 g/mol. The van der Waals surface area contributed by atoms with Crippen molar-refractivity contribution in [3.8, 4) is 0 Å². The first kappa shape index (κ1) is 61.5. The summed E-state index contributed by atoms with van der Waals surface area (Å²) in [5.41, 5.74) is 3.12. The number of carbonyl (C=O) groups excluding carboxylic acids is 4.